The lowest BCUT2D eigenvalue weighted by Gasteiger charge is -2.07. The molecule has 2 N–H and O–H groups in total. The smallest absolute Gasteiger partial charge is 0.338 e. The van der Waals surface area contributed by atoms with Crippen molar-refractivity contribution >= 4 is 17.6 Å². The Kier molecular flexibility index (Phi) is 5.37. The van der Waals surface area contributed by atoms with Gasteiger partial charge >= 0.3 is 5.97 Å². The van der Waals surface area contributed by atoms with Gasteiger partial charge in [-0.2, -0.15) is 0 Å². The quantitative estimate of drug-likeness (QED) is 0.828. The molecule has 120 valence electrons. The summed E-state index contributed by atoms with van der Waals surface area (Å²) in [5, 5.41) is 11.1. The number of aliphatic hydroxyl groups excluding tert-OH is 1. The van der Waals surface area contributed by atoms with Gasteiger partial charge in [0, 0.05) is 6.07 Å². The molecule has 0 spiro atoms. The second-order valence-electron chi connectivity index (χ2n) is 4.60. The number of rotatable bonds is 5. The summed E-state index contributed by atoms with van der Waals surface area (Å²) in [7, 11) is 0. The zero-order valence-corrected chi connectivity index (χ0v) is 11.9. The average Bonchev–Trinajstić information content (AvgIpc) is 2.55. The first-order valence-corrected chi connectivity index (χ1v) is 6.61. The van der Waals surface area contributed by atoms with Crippen molar-refractivity contribution in [1.29, 1.82) is 0 Å². The van der Waals surface area contributed by atoms with E-state index in [9.17, 15) is 18.4 Å². The van der Waals surface area contributed by atoms with Crippen molar-refractivity contribution in [2.24, 2.45) is 0 Å². The predicted molar refractivity (Wildman–Crippen MR) is 77.6 cm³/mol. The van der Waals surface area contributed by atoms with Crippen molar-refractivity contribution in [2.75, 3.05) is 11.9 Å². The van der Waals surface area contributed by atoms with E-state index in [0.29, 0.717) is 11.6 Å². The molecule has 5 nitrogen and oxygen atoms in total. The number of halogens is 2. The Labute approximate surface area is 130 Å². The summed E-state index contributed by atoms with van der Waals surface area (Å²) in [6, 6.07) is 8.68. The number of esters is 1. The highest BCUT2D eigenvalue weighted by molar-refractivity contribution is 5.95. The number of amides is 1. The third kappa shape index (κ3) is 4.58. The lowest BCUT2D eigenvalue weighted by Crippen LogP contribution is -2.21. The maximum Gasteiger partial charge on any atom is 0.338 e. The number of hydrogen-bond acceptors (Lipinski definition) is 4. The second-order valence-corrected chi connectivity index (χ2v) is 4.60. The molecule has 0 aromatic heterocycles. The summed E-state index contributed by atoms with van der Waals surface area (Å²) in [4.78, 5) is 23.3. The topological polar surface area (TPSA) is 75.6 Å². The molecule has 2 aromatic rings. The Balaban J connectivity index is 1.89. The first-order valence-electron chi connectivity index (χ1n) is 6.61. The molecule has 2 aromatic carbocycles. The van der Waals surface area contributed by atoms with Crippen molar-refractivity contribution in [1.82, 2.24) is 0 Å². The molecule has 0 atom stereocenters. The van der Waals surface area contributed by atoms with Gasteiger partial charge in [0.05, 0.1) is 17.9 Å². The van der Waals surface area contributed by atoms with Crippen LogP contribution in [0, 0.1) is 11.6 Å². The van der Waals surface area contributed by atoms with Crippen molar-refractivity contribution in [3.63, 3.8) is 0 Å². The van der Waals surface area contributed by atoms with Crippen molar-refractivity contribution in [3.05, 3.63) is 65.2 Å². The average molecular weight is 321 g/mol. The molecule has 0 bridgehead atoms. The van der Waals surface area contributed by atoms with Crippen LogP contribution in [0.1, 0.15) is 15.9 Å². The fraction of sp³-hybridized carbons (Fsp3) is 0.125. The summed E-state index contributed by atoms with van der Waals surface area (Å²) < 4.78 is 30.9. The maximum absolute atomic E-state index is 13.4. The zero-order valence-electron chi connectivity index (χ0n) is 11.9. The number of aliphatic hydroxyl groups is 1. The van der Waals surface area contributed by atoms with Crippen molar-refractivity contribution < 1.29 is 28.2 Å². The Hall–Kier alpha value is -2.80. The molecule has 0 unspecified atom stereocenters. The molecule has 0 aliphatic heterocycles. The van der Waals surface area contributed by atoms with Crippen LogP contribution in [-0.2, 0) is 16.1 Å². The first kappa shape index (κ1) is 16.6. The Morgan fingerprint density at radius 3 is 2.39 bits per heavy atom. The normalized spacial score (nSPS) is 10.2. The summed E-state index contributed by atoms with van der Waals surface area (Å²) in [5.74, 6) is -3.18. The van der Waals surface area contributed by atoms with Crippen LogP contribution >= 0.6 is 0 Å². The van der Waals surface area contributed by atoms with Gasteiger partial charge in [-0.15, -0.1) is 0 Å². The molecule has 0 radical (unpaired) electrons. The fourth-order valence-corrected chi connectivity index (χ4v) is 1.74. The van der Waals surface area contributed by atoms with Gasteiger partial charge in [-0.25, -0.2) is 13.6 Å². The summed E-state index contributed by atoms with van der Waals surface area (Å²) >= 11 is 0. The molecule has 0 saturated heterocycles. The van der Waals surface area contributed by atoms with Crippen LogP contribution in [0.5, 0.6) is 0 Å². The minimum absolute atomic E-state index is 0.152. The Morgan fingerprint density at radius 2 is 1.78 bits per heavy atom. The Bertz CT molecular complexity index is 717. The zero-order chi connectivity index (χ0) is 16.8. The highest BCUT2D eigenvalue weighted by Gasteiger charge is 2.12. The van der Waals surface area contributed by atoms with E-state index in [0.717, 1.165) is 12.1 Å². The van der Waals surface area contributed by atoms with Gasteiger partial charge in [-0.3, -0.25) is 4.79 Å². The fourth-order valence-electron chi connectivity index (χ4n) is 1.74. The number of anilines is 1. The van der Waals surface area contributed by atoms with Crippen molar-refractivity contribution in [3.8, 4) is 0 Å². The van der Waals surface area contributed by atoms with Crippen LogP contribution in [0.25, 0.3) is 0 Å². The first-order chi connectivity index (χ1) is 11.0. The lowest BCUT2D eigenvalue weighted by molar-refractivity contribution is -0.119. The summed E-state index contributed by atoms with van der Waals surface area (Å²) in [6.45, 7) is -0.766. The van der Waals surface area contributed by atoms with Gasteiger partial charge in [0.2, 0.25) is 0 Å². The molecule has 0 aliphatic carbocycles. The molecule has 2 rings (SSSR count). The molecule has 0 heterocycles. The van der Waals surface area contributed by atoms with Crippen LogP contribution in [0.15, 0.2) is 42.5 Å². The van der Waals surface area contributed by atoms with Gasteiger partial charge in [0.15, 0.2) is 6.61 Å². The highest BCUT2D eigenvalue weighted by atomic mass is 19.1. The number of carbonyl (C=O) groups excluding carboxylic acids is 2. The van der Waals surface area contributed by atoms with Gasteiger partial charge in [0.25, 0.3) is 5.91 Å². The summed E-state index contributed by atoms with van der Waals surface area (Å²) in [5.41, 5.74) is 0.633. The van der Waals surface area contributed by atoms with Gasteiger partial charge in [-0.05, 0) is 29.8 Å². The van der Waals surface area contributed by atoms with Crippen LogP contribution in [0.3, 0.4) is 0 Å². The third-order valence-corrected chi connectivity index (χ3v) is 2.91. The number of ether oxygens (including phenoxy) is 1. The van der Waals surface area contributed by atoms with E-state index in [1.165, 1.54) is 12.1 Å². The van der Waals surface area contributed by atoms with Crippen LogP contribution in [-0.4, -0.2) is 23.6 Å². The van der Waals surface area contributed by atoms with Crippen LogP contribution in [0.4, 0.5) is 14.5 Å². The minimum atomic E-state index is -0.927. The van der Waals surface area contributed by atoms with Gasteiger partial charge < -0.3 is 15.2 Å². The van der Waals surface area contributed by atoms with E-state index in [2.05, 4.69) is 5.32 Å². The maximum atomic E-state index is 13.4. The minimum Gasteiger partial charge on any atom is -0.452 e. The monoisotopic (exact) mass is 321 g/mol. The van der Waals surface area contributed by atoms with Crippen molar-refractivity contribution in [2.45, 2.75) is 6.61 Å². The molecule has 0 fully saturated rings. The van der Waals surface area contributed by atoms with E-state index in [1.807, 2.05) is 0 Å². The van der Waals surface area contributed by atoms with Gasteiger partial charge in [-0.1, -0.05) is 12.1 Å². The SMILES string of the molecule is O=C(COC(=O)c1ccc(CO)cc1)Nc1ccc(F)cc1F. The largest absolute Gasteiger partial charge is 0.452 e. The molecule has 23 heavy (non-hydrogen) atoms. The standard InChI is InChI=1S/C16H13F2NO4/c17-12-5-6-14(13(18)7-12)19-15(21)9-23-16(22)11-3-1-10(8-20)2-4-11/h1-7,20H,8-9H2,(H,19,21). The molecule has 1 amide bonds. The van der Waals surface area contributed by atoms with E-state index < -0.39 is 30.1 Å². The van der Waals surface area contributed by atoms with Crippen LogP contribution < -0.4 is 5.32 Å². The number of hydrogen-bond donors (Lipinski definition) is 2. The lowest BCUT2D eigenvalue weighted by atomic mass is 10.1. The van der Waals surface area contributed by atoms with Gasteiger partial charge in [0.1, 0.15) is 11.6 Å². The highest BCUT2D eigenvalue weighted by Crippen LogP contribution is 2.14. The number of benzene rings is 2. The molecular weight excluding hydrogens is 308 g/mol. The van der Waals surface area contributed by atoms with E-state index in [4.69, 9.17) is 9.84 Å². The predicted octanol–water partition coefficient (Wildman–Crippen LogP) is 2.25. The molecule has 0 aliphatic rings. The second kappa shape index (κ2) is 7.46. The number of carbonyl (C=O) groups is 2. The summed E-state index contributed by atoms with van der Waals surface area (Å²) in [6.07, 6.45) is 0. The molecule has 7 heteroatoms. The Morgan fingerprint density at radius 1 is 1.09 bits per heavy atom. The van der Waals surface area contributed by atoms with E-state index in [-0.39, 0.29) is 17.9 Å². The van der Waals surface area contributed by atoms with E-state index >= 15 is 0 Å². The third-order valence-electron chi connectivity index (χ3n) is 2.91. The molecular formula is C16H13F2NO4. The van der Waals surface area contributed by atoms with E-state index in [1.54, 1.807) is 12.1 Å². The van der Waals surface area contributed by atoms with Crippen LogP contribution in [0.2, 0.25) is 0 Å². The number of nitrogens with one attached hydrogen (secondary N) is 1. The molecule has 0 saturated carbocycles.